The zero-order valence-electron chi connectivity index (χ0n) is 15.7. The number of H-pyrrole nitrogens is 1. The van der Waals surface area contributed by atoms with Gasteiger partial charge in [0.2, 0.25) is 0 Å². The molecular formula is C22H26N2O2. The quantitative estimate of drug-likeness (QED) is 0.751. The lowest BCUT2D eigenvalue weighted by molar-refractivity contribution is 0.105. The molecule has 0 fully saturated rings. The first-order chi connectivity index (χ1) is 12.5. The van der Waals surface area contributed by atoms with E-state index >= 15 is 0 Å². The van der Waals surface area contributed by atoms with Crippen LogP contribution >= 0.6 is 0 Å². The molecule has 0 saturated carbocycles. The molecule has 0 bridgehead atoms. The van der Waals surface area contributed by atoms with Crippen LogP contribution in [0.25, 0.3) is 10.9 Å². The topological polar surface area (TPSA) is 48.5 Å². The number of β-amino-alcohol motifs (C(OH)–C–C–N with tert-alkyl or cyclic N) is 1. The number of aryl methyl sites for hydroxylation is 2. The minimum absolute atomic E-state index is 0.462. The van der Waals surface area contributed by atoms with Crippen molar-refractivity contribution in [1.82, 2.24) is 9.88 Å². The Balaban J connectivity index is 1.57. The average molecular weight is 350 g/mol. The highest BCUT2D eigenvalue weighted by Crippen LogP contribution is 2.31. The number of hydrogen-bond donors (Lipinski definition) is 2. The van der Waals surface area contributed by atoms with E-state index in [-0.39, 0.29) is 0 Å². The number of aliphatic hydroxyl groups excluding tert-OH is 1. The van der Waals surface area contributed by atoms with Gasteiger partial charge in [-0.3, -0.25) is 4.90 Å². The Labute approximate surface area is 154 Å². The Morgan fingerprint density at radius 2 is 2.04 bits per heavy atom. The molecule has 1 aliphatic rings. The third-order valence-electron chi connectivity index (χ3n) is 5.49. The fourth-order valence-corrected chi connectivity index (χ4v) is 3.99. The van der Waals surface area contributed by atoms with Crippen molar-refractivity contribution in [2.45, 2.75) is 32.9 Å². The van der Waals surface area contributed by atoms with Crippen LogP contribution in [0, 0.1) is 13.8 Å². The first-order valence-electron chi connectivity index (χ1n) is 9.20. The van der Waals surface area contributed by atoms with Gasteiger partial charge < -0.3 is 14.8 Å². The Morgan fingerprint density at radius 1 is 1.19 bits per heavy atom. The van der Waals surface area contributed by atoms with Gasteiger partial charge in [0, 0.05) is 42.7 Å². The van der Waals surface area contributed by atoms with Gasteiger partial charge in [0.05, 0.1) is 13.2 Å². The summed E-state index contributed by atoms with van der Waals surface area (Å²) >= 11 is 0. The highest BCUT2D eigenvalue weighted by atomic mass is 16.5. The first kappa shape index (κ1) is 17.1. The molecule has 0 radical (unpaired) electrons. The van der Waals surface area contributed by atoms with Crippen molar-refractivity contribution in [2.24, 2.45) is 0 Å². The lowest BCUT2D eigenvalue weighted by Gasteiger charge is -2.29. The third-order valence-corrected chi connectivity index (χ3v) is 5.49. The van der Waals surface area contributed by atoms with Crippen LogP contribution in [0.4, 0.5) is 0 Å². The summed E-state index contributed by atoms with van der Waals surface area (Å²) in [6.07, 6.45) is 0.516. The van der Waals surface area contributed by atoms with Crippen molar-refractivity contribution in [3.8, 4) is 5.75 Å². The largest absolute Gasteiger partial charge is 0.497 e. The number of fused-ring (bicyclic) bond motifs is 3. The number of aliphatic hydroxyl groups is 1. The number of hydrogen-bond acceptors (Lipinski definition) is 3. The van der Waals surface area contributed by atoms with Gasteiger partial charge in [-0.1, -0.05) is 23.8 Å². The molecule has 0 saturated heterocycles. The van der Waals surface area contributed by atoms with E-state index in [2.05, 4.69) is 54.1 Å². The van der Waals surface area contributed by atoms with Crippen molar-refractivity contribution in [1.29, 1.82) is 0 Å². The average Bonchev–Trinajstić information content (AvgIpc) is 3.00. The zero-order valence-corrected chi connectivity index (χ0v) is 15.7. The van der Waals surface area contributed by atoms with Gasteiger partial charge in [-0.2, -0.15) is 0 Å². The molecule has 136 valence electrons. The number of ether oxygens (including phenoxy) is 1. The Kier molecular flexibility index (Phi) is 4.47. The van der Waals surface area contributed by atoms with Crippen LogP contribution in [0.1, 0.15) is 34.1 Å². The Bertz CT molecular complexity index is 945. The predicted molar refractivity (Wildman–Crippen MR) is 105 cm³/mol. The number of methoxy groups -OCH3 is 1. The first-order valence-corrected chi connectivity index (χ1v) is 9.20. The molecule has 4 nitrogen and oxygen atoms in total. The molecule has 2 heterocycles. The van der Waals surface area contributed by atoms with Gasteiger partial charge in [-0.05, 0) is 48.7 Å². The van der Waals surface area contributed by atoms with E-state index in [1.165, 1.54) is 22.2 Å². The van der Waals surface area contributed by atoms with Crippen molar-refractivity contribution < 1.29 is 9.84 Å². The van der Waals surface area contributed by atoms with Crippen LogP contribution in [0.15, 0.2) is 36.4 Å². The van der Waals surface area contributed by atoms with E-state index in [0.29, 0.717) is 6.54 Å². The van der Waals surface area contributed by atoms with Crippen molar-refractivity contribution in [3.05, 3.63) is 64.3 Å². The third kappa shape index (κ3) is 3.11. The summed E-state index contributed by atoms with van der Waals surface area (Å²) in [5, 5.41) is 12.0. The van der Waals surface area contributed by atoms with Crippen LogP contribution in [0.3, 0.4) is 0 Å². The van der Waals surface area contributed by atoms with Crippen LogP contribution in [0.2, 0.25) is 0 Å². The summed E-state index contributed by atoms with van der Waals surface area (Å²) in [4.78, 5) is 5.89. The fourth-order valence-electron chi connectivity index (χ4n) is 3.99. The monoisotopic (exact) mass is 350 g/mol. The van der Waals surface area contributed by atoms with Crippen LogP contribution in [-0.2, 0) is 13.0 Å². The fraction of sp³-hybridized carbons (Fsp3) is 0.364. The minimum atomic E-state index is -0.462. The predicted octanol–water partition coefficient (Wildman–Crippen LogP) is 3.89. The highest BCUT2D eigenvalue weighted by molar-refractivity contribution is 5.86. The number of nitrogens with zero attached hydrogens (tertiary/aromatic N) is 1. The molecule has 2 N–H and O–H groups in total. The molecule has 3 aromatic rings. The molecular weight excluding hydrogens is 324 g/mol. The standard InChI is InChI=1S/C22H26N2O2/c1-14-4-5-15(2)17(10-14)22(25)13-24-9-8-21-19(12-24)18-11-16(26-3)6-7-20(18)23-21/h4-7,10-11,22-23,25H,8-9,12-13H2,1-3H3/t22-/m1/s1. The van der Waals surface area contributed by atoms with Gasteiger partial charge in [-0.25, -0.2) is 0 Å². The van der Waals surface area contributed by atoms with Gasteiger partial charge in [0.1, 0.15) is 5.75 Å². The molecule has 4 rings (SSSR count). The molecule has 26 heavy (non-hydrogen) atoms. The van der Waals surface area contributed by atoms with Crippen LogP contribution < -0.4 is 4.74 Å². The van der Waals surface area contributed by atoms with Gasteiger partial charge in [-0.15, -0.1) is 0 Å². The van der Waals surface area contributed by atoms with Gasteiger partial charge >= 0.3 is 0 Å². The smallest absolute Gasteiger partial charge is 0.119 e. The summed E-state index contributed by atoms with van der Waals surface area (Å²) < 4.78 is 5.39. The zero-order chi connectivity index (χ0) is 18.3. The number of aromatic amines is 1. The summed E-state index contributed by atoms with van der Waals surface area (Å²) in [5.74, 6) is 0.881. The van der Waals surface area contributed by atoms with E-state index < -0.39 is 6.10 Å². The maximum absolute atomic E-state index is 10.8. The maximum atomic E-state index is 10.8. The van der Waals surface area contributed by atoms with Crippen LogP contribution in [-0.4, -0.2) is 35.2 Å². The highest BCUT2D eigenvalue weighted by Gasteiger charge is 2.23. The SMILES string of the molecule is COc1ccc2[nH]c3c(c2c1)CN(C[C@@H](O)c1cc(C)ccc1C)CC3. The lowest BCUT2D eigenvalue weighted by Crippen LogP contribution is -2.34. The summed E-state index contributed by atoms with van der Waals surface area (Å²) in [7, 11) is 1.70. The summed E-state index contributed by atoms with van der Waals surface area (Å²) in [6, 6.07) is 12.5. The Morgan fingerprint density at radius 3 is 2.85 bits per heavy atom. The summed E-state index contributed by atoms with van der Waals surface area (Å²) in [6.45, 7) is 6.60. The van der Waals surface area contributed by atoms with E-state index in [9.17, 15) is 5.11 Å². The maximum Gasteiger partial charge on any atom is 0.119 e. The number of nitrogens with one attached hydrogen (secondary N) is 1. The van der Waals surface area contributed by atoms with Crippen molar-refractivity contribution in [2.75, 3.05) is 20.2 Å². The number of aromatic nitrogens is 1. The molecule has 1 aromatic heterocycles. The molecule has 0 amide bonds. The van der Waals surface area contributed by atoms with Gasteiger partial charge in [0.25, 0.3) is 0 Å². The van der Waals surface area contributed by atoms with Crippen LogP contribution in [0.5, 0.6) is 5.75 Å². The molecule has 0 aliphatic carbocycles. The second kappa shape index (κ2) is 6.78. The van der Waals surface area contributed by atoms with Gasteiger partial charge in [0.15, 0.2) is 0 Å². The second-order valence-corrected chi connectivity index (χ2v) is 7.35. The Hall–Kier alpha value is -2.30. The van der Waals surface area contributed by atoms with E-state index in [4.69, 9.17) is 4.74 Å². The molecule has 4 heteroatoms. The molecule has 1 atom stereocenters. The van der Waals surface area contributed by atoms with E-state index in [1.54, 1.807) is 7.11 Å². The lowest BCUT2D eigenvalue weighted by atomic mass is 9.99. The van der Waals surface area contributed by atoms with E-state index in [1.807, 2.05) is 6.07 Å². The normalized spacial score (nSPS) is 15.8. The van der Waals surface area contributed by atoms with Crippen molar-refractivity contribution >= 4 is 10.9 Å². The van der Waals surface area contributed by atoms with Crippen molar-refractivity contribution in [3.63, 3.8) is 0 Å². The molecule has 0 spiro atoms. The molecule has 2 aromatic carbocycles. The second-order valence-electron chi connectivity index (χ2n) is 7.35. The number of benzene rings is 2. The molecule has 0 unspecified atom stereocenters. The minimum Gasteiger partial charge on any atom is -0.497 e. The molecule has 1 aliphatic heterocycles. The van der Waals surface area contributed by atoms with E-state index in [0.717, 1.165) is 41.9 Å². The number of rotatable bonds is 4. The summed E-state index contributed by atoms with van der Waals surface area (Å²) in [5.41, 5.74) is 7.18.